The summed E-state index contributed by atoms with van der Waals surface area (Å²) in [5.41, 5.74) is -2.84. The molecule has 0 bridgehead atoms. The van der Waals surface area contributed by atoms with Crippen molar-refractivity contribution >= 4 is 12.0 Å². The highest BCUT2D eigenvalue weighted by Gasteiger charge is 2.64. The number of carboxylic acids is 1. The van der Waals surface area contributed by atoms with E-state index in [0.717, 1.165) is 4.90 Å². The molecule has 6 nitrogen and oxygen atoms in total. The molecule has 0 radical (unpaired) electrons. The van der Waals surface area contributed by atoms with Crippen LogP contribution in [0.1, 0.15) is 6.42 Å². The highest BCUT2D eigenvalue weighted by molar-refractivity contribution is 5.80. The van der Waals surface area contributed by atoms with Crippen LogP contribution in [0.15, 0.2) is 0 Å². The fourth-order valence-electron chi connectivity index (χ4n) is 2.70. The lowest BCUT2D eigenvalue weighted by atomic mass is 9.86. The third-order valence-corrected chi connectivity index (χ3v) is 4.27. The van der Waals surface area contributed by atoms with Crippen LogP contribution in [-0.4, -0.2) is 84.3 Å². The molecule has 2 rings (SSSR count). The molecule has 0 aromatic heterocycles. The number of carbonyl (C=O) groups is 2. The highest BCUT2D eigenvalue weighted by atomic mass is 19.4. The minimum atomic E-state index is -4.87. The van der Waals surface area contributed by atoms with Crippen molar-refractivity contribution in [1.29, 1.82) is 0 Å². The molecule has 2 amide bonds. The number of amides is 2. The number of likely N-dealkylation sites (N-methyl/N-ethyl adjacent to an activating group) is 1. The molecule has 120 valence electrons. The van der Waals surface area contributed by atoms with Crippen molar-refractivity contribution < 1.29 is 27.9 Å². The molecule has 9 heteroatoms. The van der Waals surface area contributed by atoms with E-state index in [2.05, 4.69) is 0 Å². The van der Waals surface area contributed by atoms with Crippen molar-refractivity contribution in [2.75, 3.05) is 46.3 Å². The lowest BCUT2D eigenvalue weighted by Gasteiger charge is -2.35. The Morgan fingerprint density at radius 2 is 1.62 bits per heavy atom. The Balaban J connectivity index is 2.07. The third-order valence-electron chi connectivity index (χ3n) is 4.27. The predicted molar refractivity (Wildman–Crippen MR) is 66.8 cm³/mol. The molecular formula is C12H18F3N3O3. The van der Waals surface area contributed by atoms with Gasteiger partial charge in [0.2, 0.25) is 0 Å². The predicted octanol–water partition coefficient (Wildman–Crippen LogP) is 0.693. The van der Waals surface area contributed by atoms with E-state index in [1.807, 2.05) is 11.9 Å². The van der Waals surface area contributed by atoms with Crippen molar-refractivity contribution in [1.82, 2.24) is 14.7 Å². The van der Waals surface area contributed by atoms with Crippen molar-refractivity contribution in [2.24, 2.45) is 5.41 Å². The van der Waals surface area contributed by atoms with Gasteiger partial charge in [0, 0.05) is 39.3 Å². The second-order valence-corrected chi connectivity index (χ2v) is 5.63. The summed E-state index contributed by atoms with van der Waals surface area (Å²) >= 11 is 0. The molecule has 0 aromatic carbocycles. The van der Waals surface area contributed by atoms with E-state index in [1.54, 1.807) is 0 Å². The molecule has 0 spiro atoms. The van der Waals surface area contributed by atoms with Crippen LogP contribution >= 0.6 is 0 Å². The average Bonchev–Trinajstić information content (AvgIpc) is 2.84. The first-order valence-corrected chi connectivity index (χ1v) is 6.70. The van der Waals surface area contributed by atoms with Crippen LogP contribution in [0.4, 0.5) is 18.0 Å². The van der Waals surface area contributed by atoms with E-state index in [0.29, 0.717) is 26.2 Å². The van der Waals surface area contributed by atoms with Gasteiger partial charge in [-0.1, -0.05) is 0 Å². The van der Waals surface area contributed by atoms with Gasteiger partial charge in [0.15, 0.2) is 5.41 Å². The fraction of sp³-hybridized carbons (Fsp3) is 0.833. The standard InChI is InChI=1S/C12H18F3N3O3/c1-16-4-6-17(7-5-16)10(21)18-3-2-11(8-18,9(19)20)12(13,14)15/h2-8H2,1H3,(H,19,20). The molecular weight excluding hydrogens is 291 g/mol. The zero-order chi connectivity index (χ0) is 15.8. The van der Waals surface area contributed by atoms with Crippen LogP contribution in [0, 0.1) is 5.41 Å². The zero-order valence-electron chi connectivity index (χ0n) is 11.7. The number of hydrogen-bond acceptors (Lipinski definition) is 3. The van der Waals surface area contributed by atoms with E-state index in [-0.39, 0.29) is 6.54 Å². The third kappa shape index (κ3) is 2.78. The Bertz CT molecular complexity index is 435. The maximum Gasteiger partial charge on any atom is 0.406 e. The molecule has 1 N–H and O–H groups in total. The van der Waals surface area contributed by atoms with Gasteiger partial charge in [-0.05, 0) is 13.5 Å². The summed E-state index contributed by atoms with van der Waals surface area (Å²) in [6.45, 7) is 1.20. The van der Waals surface area contributed by atoms with Gasteiger partial charge in [-0.15, -0.1) is 0 Å². The van der Waals surface area contributed by atoms with E-state index in [1.165, 1.54) is 4.90 Å². The Morgan fingerprint density at radius 1 is 1.05 bits per heavy atom. The summed E-state index contributed by atoms with van der Waals surface area (Å²) in [6.07, 6.45) is -5.46. The zero-order valence-corrected chi connectivity index (χ0v) is 11.7. The number of hydrogen-bond donors (Lipinski definition) is 1. The van der Waals surface area contributed by atoms with Gasteiger partial charge < -0.3 is 19.8 Å². The van der Waals surface area contributed by atoms with E-state index in [4.69, 9.17) is 5.11 Å². The quantitative estimate of drug-likeness (QED) is 0.774. The SMILES string of the molecule is CN1CCN(C(=O)N2CCC(C(=O)O)(C(F)(F)F)C2)CC1. The number of carbonyl (C=O) groups excluding carboxylic acids is 1. The van der Waals surface area contributed by atoms with Crippen molar-refractivity contribution in [3.63, 3.8) is 0 Å². The molecule has 2 fully saturated rings. The van der Waals surface area contributed by atoms with Gasteiger partial charge in [-0.3, -0.25) is 4.79 Å². The lowest BCUT2D eigenvalue weighted by molar-refractivity contribution is -0.227. The second kappa shape index (κ2) is 5.36. The Morgan fingerprint density at radius 3 is 2.05 bits per heavy atom. The smallest absolute Gasteiger partial charge is 0.406 e. The normalized spacial score (nSPS) is 28.0. The maximum absolute atomic E-state index is 13.1. The Labute approximate surface area is 120 Å². The van der Waals surface area contributed by atoms with Gasteiger partial charge in [-0.2, -0.15) is 13.2 Å². The summed E-state index contributed by atoms with van der Waals surface area (Å²) in [5.74, 6) is -1.91. The van der Waals surface area contributed by atoms with Gasteiger partial charge in [0.1, 0.15) is 0 Å². The number of carboxylic acid groups (broad SMARTS) is 1. The summed E-state index contributed by atoms with van der Waals surface area (Å²) in [4.78, 5) is 27.8. The summed E-state index contributed by atoms with van der Waals surface area (Å²) in [7, 11) is 1.90. The molecule has 21 heavy (non-hydrogen) atoms. The first kappa shape index (κ1) is 15.9. The number of aliphatic carboxylic acids is 1. The molecule has 2 heterocycles. The Kier molecular flexibility index (Phi) is 4.05. The minimum absolute atomic E-state index is 0.184. The van der Waals surface area contributed by atoms with Crippen LogP contribution in [0.2, 0.25) is 0 Å². The fourth-order valence-corrected chi connectivity index (χ4v) is 2.70. The molecule has 1 atom stereocenters. The highest BCUT2D eigenvalue weighted by Crippen LogP contribution is 2.45. The lowest BCUT2D eigenvalue weighted by Crippen LogP contribution is -2.53. The molecule has 2 saturated heterocycles. The van der Waals surface area contributed by atoms with E-state index >= 15 is 0 Å². The molecule has 2 aliphatic heterocycles. The van der Waals surface area contributed by atoms with Crippen LogP contribution in [-0.2, 0) is 4.79 Å². The largest absolute Gasteiger partial charge is 0.481 e. The van der Waals surface area contributed by atoms with Crippen LogP contribution in [0.5, 0.6) is 0 Å². The summed E-state index contributed by atoms with van der Waals surface area (Å²) in [6, 6.07) is -0.504. The Hall–Kier alpha value is -1.51. The average molecular weight is 309 g/mol. The van der Waals surface area contributed by atoms with Crippen molar-refractivity contribution in [3.05, 3.63) is 0 Å². The monoisotopic (exact) mass is 309 g/mol. The van der Waals surface area contributed by atoms with Crippen molar-refractivity contribution in [3.8, 4) is 0 Å². The number of piperazine rings is 1. The van der Waals surface area contributed by atoms with Gasteiger partial charge in [0.25, 0.3) is 0 Å². The van der Waals surface area contributed by atoms with E-state index < -0.39 is 36.6 Å². The number of nitrogens with zero attached hydrogens (tertiary/aromatic N) is 3. The number of rotatable bonds is 1. The number of likely N-dealkylation sites (tertiary alicyclic amines) is 1. The molecule has 0 aromatic rings. The molecule has 1 unspecified atom stereocenters. The second-order valence-electron chi connectivity index (χ2n) is 5.63. The number of urea groups is 1. The molecule has 0 saturated carbocycles. The number of halogens is 3. The first-order chi connectivity index (χ1) is 9.67. The van der Waals surface area contributed by atoms with Crippen LogP contribution in [0.3, 0.4) is 0 Å². The van der Waals surface area contributed by atoms with Crippen LogP contribution in [0.25, 0.3) is 0 Å². The summed E-state index contributed by atoms with van der Waals surface area (Å²) in [5, 5.41) is 8.97. The molecule has 0 aliphatic carbocycles. The first-order valence-electron chi connectivity index (χ1n) is 6.70. The van der Waals surface area contributed by atoms with E-state index in [9.17, 15) is 22.8 Å². The van der Waals surface area contributed by atoms with Gasteiger partial charge in [-0.25, -0.2) is 4.79 Å². The van der Waals surface area contributed by atoms with Crippen molar-refractivity contribution in [2.45, 2.75) is 12.6 Å². The van der Waals surface area contributed by atoms with Gasteiger partial charge in [0.05, 0.1) is 0 Å². The minimum Gasteiger partial charge on any atom is -0.481 e. The number of alkyl halides is 3. The topological polar surface area (TPSA) is 64.1 Å². The maximum atomic E-state index is 13.1. The van der Waals surface area contributed by atoms with Gasteiger partial charge >= 0.3 is 18.2 Å². The summed E-state index contributed by atoms with van der Waals surface area (Å²) < 4.78 is 39.2. The molecule has 2 aliphatic rings. The van der Waals surface area contributed by atoms with Crippen LogP contribution < -0.4 is 0 Å².